The first-order valence-corrected chi connectivity index (χ1v) is 22.6. The molecule has 0 saturated heterocycles. The van der Waals surface area contributed by atoms with E-state index >= 15 is 0 Å². The molecule has 200 valence electrons. The number of allylic oxidation sites excluding steroid dienone is 4. The molecule has 0 amide bonds. The summed E-state index contributed by atoms with van der Waals surface area (Å²) >= 11 is -2.40. The summed E-state index contributed by atoms with van der Waals surface area (Å²) < 4.78 is 1.12. The number of hydrogen-bond acceptors (Lipinski definition) is 0. The Morgan fingerprint density at radius 2 is 0.975 bits per heavy atom. The Bertz CT molecular complexity index is 1530. The number of rotatable bonds is 4. The van der Waals surface area contributed by atoms with E-state index in [1.165, 1.54) is 22.3 Å². The molecule has 6 rings (SSSR count). The van der Waals surface area contributed by atoms with Crippen LogP contribution < -0.4 is 10.4 Å². The van der Waals surface area contributed by atoms with Gasteiger partial charge in [-0.2, -0.15) is 0 Å². The molecule has 2 heteroatoms. The monoisotopic (exact) mass is 614 g/mol. The van der Waals surface area contributed by atoms with Gasteiger partial charge in [-0.25, -0.2) is 0 Å². The molecule has 2 aliphatic rings. The van der Waals surface area contributed by atoms with E-state index in [0.717, 1.165) is 0 Å². The normalized spacial score (nSPS) is 14.8. The van der Waals surface area contributed by atoms with Gasteiger partial charge in [-0.05, 0) is 0 Å². The van der Waals surface area contributed by atoms with Crippen LogP contribution in [0.4, 0.5) is 0 Å². The molecule has 0 bridgehead atoms. The minimum absolute atomic E-state index is 0.121. The Kier molecular flexibility index (Phi) is 7.39. The fraction of sp³-hybridized carbons (Fsp3) is 0.263. The molecule has 2 aliphatic carbocycles. The van der Waals surface area contributed by atoms with Crippen LogP contribution in [0.3, 0.4) is 0 Å². The fourth-order valence-electron chi connectivity index (χ4n) is 6.37. The van der Waals surface area contributed by atoms with E-state index in [9.17, 15) is 0 Å². The molecule has 0 nitrogen and oxygen atoms in total. The Morgan fingerprint density at radius 3 is 1.38 bits per heavy atom. The average molecular weight is 616 g/mol. The molecule has 0 fully saturated rings. The Hall–Kier alpha value is -2.54. The summed E-state index contributed by atoms with van der Waals surface area (Å²) in [4.78, 5) is 0. The fourth-order valence-corrected chi connectivity index (χ4v) is 29.4. The van der Waals surface area contributed by atoms with Crippen LogP contribution in [0.5, 0.6) is 0 Å². The molecule has 0 spiro atoms. The van der Waals surface area contributed by atoms with Gasteiger partial charge < -0.3 is 0 Å². The van der Waals surface area contributed by atoms with E-state index in [-0.39, 0.29) is 10.8 Å². The van der Waals surface area contributed by atoms with Gasteiger partial charge in [0.15, 0.2) is 0 Å². The molecule has 0 aromatic heterocycles. The Balaban J connectivity index is 1.71. The second-order valence-electron chi connectivity index (χ2n) is 13.4. The maximum atomic E-state index is 2.54. The van der Waals surface area contributed by atoms with Crippen molar-refractivity contribution in [1.29, 1.82) is 0 Å². The summed E-state index contributed by atoms with van der Waals surface area (Å²) in [6.45, 7) is 14.1. The van der Waals surface area contributed by atoms with Crippen LogP contribution in [0.2, 0.25) is 3.63 Å². The average Bonchev–Trinajstić information content (AvgIpc) is 3.58. The van der Waals surface area contributed by atoms with Crippen LogP contribution in [-0.4, -0.2) is 5.43 Å². The number of hydrogen-bond donors (Lipinski definition) is 0. The SMILES string of the molecule is CC(C)(C)c1ccc2c(c1)-c1cc(C(C)(C)C)ccc1[CH]2[Zr]([CH]1C=CC=C1)=[Si](c1ccccc1)c1ccccc1. The summed E-state index contributed by atoms with van der Waals surface area (Å²) in [6.07, 6.45) is 9.69. The van der Waals surface area contributed by atoms with Gasteiger partial charge in [0.1, 0.15) is 0 Å². The molecular weight excluding hydrogens is 576 g/mol. The van der Waals surface area contributed by atoms with E-state index in [4.69, 9.17) is 0 Å². The van der Waals surface area contributed by atoms with E-state index in [1.807, 2.05) is 0 Å². The molecule has 0 heterocycles. The zero-order valence-electron chi connectivity index (χ0n) is 24.7. The van der Waals surface area contributed by atoms with E-state index < -0.39 is 25.8 Å². The standard InChI is InChI=1S/C21H25.C12H10Si.C5H5.Zr/c1-20(2,3)16-9-7-14-11-15-8-10-17(21(4,5)6)13-19(15)18(14)12-16;1-3-7-11(8-4-1)13-12-9-5-2-6-10-12;1-2-4-5-3-1;/h7-13H,1-6H3;1-10H;1-5H;. The third-order valence-electron chi connectivity index (χ3n) is 8.58. The van der Waals surface area contributed by atoms with Crippen molar-refractivity contribution >= 4 is 15.8 Å². The van der Waals surface area contributed by atoms with E-state index in [2.05, 4.69) is 163 Å². The molecule has 0 radical (unpaired) electrons. The van der Waals surface area contributed by atoms with Crippen LogP contribution in [0.25, 0.3) is 11.1 Å². The van der Waals surface area contributed by atoms with Crippen LogP contribution >= 0.6 is 0 Å². The van der Waals surface area contributed by atoms with Crippen LogP contribution in [0.1, 0.15) is 67.4 Å². The molecule has 0 aliphatic heterocycles. The summed E-state index contributed by atoms with van der Waals surface area (Å²) in [5.41, 5.74) is 8.30. The van der Waals surface area contributed by atoms with Gasteiger partial charge in [0, 0.05) is 0 Å². The van der Waals surface area contributed by atoms with Gasteiger partial charge in [0.2, 0.25) is 0 Å². The molecule has 4 aromatic rings. The Labute approximate surface area is 249 Å². The number of benzene rings is 4. The Morgan fingerprint density at radius 1 is 0.550 bits per heavy atom. The first-order valence-electron chi connectivity index (χ1n) is 14.6. The summed E-state index contributed by atoms with van der Waals surface area (Å²) in [7, 11) is 0. The zero-order chi connectivity index (χ0) is 28.1. The van der Waals surface area contributed by atoms with Crippen molar-refractivity contribution in [2.45, 2.75) is 59.6 Å². The van der Waals surface area contributed by atoms with Gasteiger partial charge in [0.25, 0.3) is 0 Å². The third kappa shape index (κ3) is 5.15. The molecule has 0 atom stereocenters. The van der Waals surface area contributed by atoms with Crippen LogP contribution in [0, 0.1) is 0 Å². The van der Waals surface area contributed by atoms with Crippen LogP contribution in [-0.2, 0) is 31.2 Å². The van der Waals surface area contributed by atoms with Crippen LogP contribution in [0.15, 0.2) is 121 Å². The topological polar surface area (TPSA) is 0 Å². The van der Waals surface area contributed by atoms with Gasteiger partial charge >= 0.3 is 251 Å². The quantitative estimate of drug-likeness (QED) is 0.202. The predicted molar refractivity (Wildman–Crippen MR) is 171 cm³/mol. The van der Waals surface area contributed by atoms with Gasteiger partial charge in [0.05, 0.1) is 0 Å². The van der Waals surface area contributed by atoms with Crippen molar-refractivity contribution in [3.8, 4) is 11.1 Å². The molecule has 0 unspecified atom stereocenters. The minimum atomic E-state index is -2.40. The van der Waals surface area contributed by atoms with E-state index in [0.29, 0.717) is 7.25 Å². The molecule has 0 saturated carbocycles. The van der Waals surface area contributed by atoms with Crippen molar-refractivity contribution in [2.24, 2.45) is 0 Å². The van der Waals surface area contributed by atoms with Gasteiger partial charge in [-0.1, -0.05) is 0 Å². The second kappa shape index (κ2) is 10.7. The third-order valence-corrected chi connectivity index (χ3v) is 28.9. The molecule has 40 heavy (non-hydrogen) atoms. The van der Waals surface area contributed by atoms with Crippen molar-refractivity contribution in [3.05, 3.63) is 144 Å². The maximum absolute atomic E-state index is 2.54. The second-order valence-corrected chi connectivity index (χ2v) is 27.7. The molecule has 0 N–H and O–H groups in total. The van der Waals surface area contributed by atoms with Crippen molar-refractivity contribution in [3.63, 3.8) is 0 Å². The first-order chi connectivity index (χ1) is 19.1. The van der Waals surface area contributed by atoms with Gasteiger partial charge in [-0.3, -0.25) is 0 Å². The summed E-state index contributed by atoms with van der Waals surface area (Å²) in [6, 6.07) is 38.1. The van der Waals surface area contributed by atoms with Crippen molar-refractivity contribution in [2.75, 3.05) is 0 Å². The summed E-state index contributed by atoms with van der Waals surface area (Å²) in [5, 5.41) is 3.16. The van der Waals surface area contributed by atoms with Crippen molar-refractivity contribution < 1.29 is 20.4 Å². The first kappa shape index (κ1) is 27.6. The number of fused-ring (bicyclic) bond motifs is 3. The van der Waals surface area contributed by atoms with E-state index in [1.54, 1.807) is 21.5 Å². The van der Waals surface area contributed by atoms with Gasteiger partial charge in [-0.15, -0.1) is 0 Å². The molecule has 4 aromatic carbocycles. The summed E-state index contributed by atoms with van der Waals surface area (Å²) in [5.74, 6) is 0. The zero-order valence-corrected chi connectivity index (χ0v) is 28.2. The predicted octanol–water partition coefficient (Wildman–Crippen LogP) is 8.69. The molecular formula is C38H40SiZr. The van der Waals surface area contributed by atoms with Crippen molar-refractivity contribution in [1.82, 2.24) is 0 Å².